The minimum atomic E-state index is -2.95. The zero-order valence-electron chi connectivity index (χ0n) is 7.04. The number of aromatic nitrogens is 1. The van der Waals surface area contributed by atoms with Crippen LogP contribution in [0, 0.1) is 11.3 Å². The Hall–Kier alpha value is -1.55. The third-order valence-electron chi connectivity index (χ3n) is 1.55. The predicted octanol–water partition coefficient (Wildman–Crippen LogP) is 2.35. The third kappa shape index (κ3) is 2.27. The Morgan fingerprint density at radius 2 is 2.27 bits per heavy atom. The first-order chi connectivity index (χ1) is 6.97. The van der Waals surface area contributed by atoms with Crippen molar-refractivity contribution in [3.8, 4) is 6.07 Å². The Balaban J connectivity index is 3.47. The number of nitrogens with zero attached hydrogens (tertiary/aromatic N) is 2. The van der Waals surface area contributed by atoms with Crippen LogP contribution in [0.25, 0.3) is 0 Å². The van der Waals surface area contributed by atoms with E-state index in [0.717, 1.165) is 6.07 Å². The molecule has 7 heteroatoms. The van der Waals surface area contributed by atoms with Gasteiger partial charge in [-0.05, 0) is 22.0 Å². The summed E-state index contributed by atoms with van der Waals surface area (Å²) in [5, 5.41) is 17.1. The van der Waals surface area contributed by atoms with Crippen molar-refractivity contribution in [2.45, 2.75) is 6.43 Å². The van der Waals surface area contributed by atoms with Crippen LogP contribution in [0.2, 0.25) is 0 Å². The molecule has 0 aliphatic rings. The van der Waals surface area contributed by atoms with Gasteiger partial charge in [0.25, 0.3) is 6.43 Å². The van der Waals surface area contributed by atoms with Gasteiger partial charge in [-0.3, -0.25) is 0 Å². The van der Waals surface area contributed by atoms with Crippen LogP contribution in [0.1, 0.15) is 28.2 Å². The average Bonchev–Trinajstić information content (AvgIpc) is 2.16. The van der Waals surface area contributed by atoms with Crippen LogP contribution < -0.4 is 0 Å². The van der Waals surface area contributed by atoms with Crippen molar-refractivity contribution in [3.63, 3.8) is 0 Å². The number of hydrogen-bond acceptors (Lipinski definition) is 3. The summed E-state index contributed by atoms with van der Waals surface area (Å²) in [4.78, 5) is 13.9. The van der Waals surface area contributed by atoms with E-state index in [1.165, 1.54) is 0 Å². The second-order valence-corrected chi connectivity index (χ2v) is 3.33. The fourth-order valence-electron chi connectivity index (χ4n) is 0.919. The molecule has 1 rings (SSSR count). The van der Waals surface area contributed by atoms with Crippen molar-refractivity contribution in [2.24, 2.45) is 0 Å². The van der Waals surface area contributed by atoms with Gasteiger partial charge in [0.2, 0.25) is 0 Å². The van der Waals surface area contributed by atoms with Crippen LogP contribution in [0.15, 0.2) is 10.5 Å². The Labute approximate surface area is 91.3 Å². The van der Waals surface area contributed by atoms with Gasteiger partial charge in [0.15, 0.2) is 11.4 Å². The van der Waals surface area contributed by atoms with Crippen molar-refractivity contribution in [1.29, 1.82) is 5.26 Å². The van der Waals surface area contributed by atoms with Gasteiger partial charge in [-0.2, -0.15) is 5.26 Å². The first-order valence-electron chi connectivity index (χ1n) is 3.59. The SMILES string of the molecule is N#Cc1nc(C(=O)O)c(C(F)F)cc1Br. The molecular formula is C8H3BrF2N2O2. The molecule has 1 aromatic heterocycles. The molecule has 15 heavy (non-hydrogen) atoms. The zero-order chi connectivity index (χ0) is 11.6. The Kier molecular flexibility index (Phi) is 3.31. The topological polar surface area (TPSA) is 74.0 Å². The number of hydrogen-bond donors (Lipinski definition) is 1. The summed E-state index contributed by atoms with van der Waals surface area (Å²) < 4.78 is 24.8. The second-order valence-electron chi connectivity index (χ2n) is 2.47. The molecule has 0 atom stereocenters. The number of pyridine rings is 1. The molecule has 0 aliphatic carbocycles. The minimum absolute atomic E-state index is 0.0466. The molecule has 1 heterocycles. The van der Waals surface area contributed by atoms with E-state index in [4.69, 9.17) is 10.4 Å². The van der Waals surface area contributed by atoms with E-state index in [9.17, 15) is 13.6 Å². The summed E-state index contributed by atoms with van der Waals surface area (Å²) in [5.74, 6) is -1.59. The fourth-order valence-corrected chi connectivity index (χ4v) is 1.34. The van der Waals surface area contributed by atoms with Crippen LogP contribution in [0.3, 0.4) is 0 Å². The highest BCUT2D eigenvalue weighted by atomic mass is 79.9. The lowest BCUT2D eigenvalue weighted by Gasteiger charge is -2.05. The van der Waals surface area contributed by atoms with Gasteiger partial charge in [-0.1, -0.05) is 0 Å². The molecule has 1 N–H and O–H groups in total. The molecule has 0 aliphatic heterocycles. The van der Waals surface area contributed by atoms with Gasteiger partial charge >= 0.3 is 5.97 Å². The van der Waals surface area contributed by atoms with E-state index < -0.39 is 23.7 Å². The lowest BCUT2D eigenvalue weighted by molar-refractivity contribution is 0.0677. The van der Waals surface area contributed by atoms with Crippen LogP contribution in [0.4, 0.5) is 8.78 Å². The predicted molar refractivity (Wildman–Crippen MR) is 48.6 cm³/mol. The largest absolute Gasteiger partial charge is 0.476 e. The molecule has 0 saturated heterocycles. The highest BCUT2D eigenvalue weighted by Crippen LogP contribution is 2.26. The maximum Gasteiger partial charge on any atom is 0.355 e. The van der Waals surface area contributed by atoms with Gasteiger partial charge in [0, 0.05) is 0 Å². The lowest BCUT2D eigenvalue weighted by atomic mass is 10.2. The zero-order valence-corrected chi connectivity index (χ0v) is 8.62. The highest BCUT2D eigenvalue weighted by Gasteiger charge is 2.21. The Morgan fingerprint density at radius 1 is 1.67 bits per heavy atom. The smallest absolute Gasteiger partial charge is 0.355 e. The van der Waals surface area contributed by atoms with Crippen LogP contribution in [-0.2, 0) is 0 Å². The van der Waals surface area contributed by atoms with E-state index in [2.05, 4.69) is 20.9 Å². The maximum absolute atomic E-state index is 12.4. The molecular weight excluding hydrogens is 274 g/mol. The summed E-state index contributed by atoms with van der Waals surface area (Å²) in [5.41, 5.74) is -1.75. The molecule has 0 saturated carbocycles. The molecule has 0 radical (unpaired) electrons. The summed E-state index contributed by atoms with van der Waals surface area (Å²) in [6, 6.07) is 2.48. The molecule has 0 aromatic carbocycles. The molecule has 4 nitrogen and oxygen atoms in total. The van der Waals surface area contributed by atoms with Crippen molar-refractivity contribution >= 4 is 21.9 Å². The molecule has 1 aromatic rings. The quantitative estimate of drug-likeness (QED) is 0.900. The molecule has 78 valence electrons. The monoisotopic (exact) mass is 276 g/mol. The normalized spacial score (nSPS) is 10.1. The number of aromatic carboxylic acids is 1. The van der Waals surface area contributed by atoms with Crippen LogP contribution in [-0.4, -0.2) is 16.1 Å². The van der Waals surface area contributed by atoms with Crippen LogP contribution >= 0.6 is 15.9 Å². The first kappa shape index (κ1) is 11.5. The van der Waals surface area contributed by atoms with Gasteiger partial charge in [-0.25, -0.2) is 18.6 Å². The Bertz CT molecular complexity index is 457. The van der Waals surface area contributed by atoms with E-state index in [1.807, 2.05) is 0 Å². The van der Waals surface area contributed by atoms with Crippen molar-refractivity contribution in [3.05, 3.63) is 27.5 Å². The van der Waals surface area contributed by atoms with Crippen molar-refractivity contribution < 1.29 is 18.7 Å². The fraction of sp³-hybridized carbons (Fsp3) is 0.125. The summed E-state index contributed by atoms with van der Waals surface area (Å²) in [6.45, 7) is 0. The first-order valence-corrected chi connectivity index (χ1v) is 4.38. The number of nitriles is 1. The minimum Gasteiger partial charge on any atom is -0.476 e. The third-order valence-corrected chi connectivity index (χ3v) is 2.15. The van der Waals surface area contributed by atoms with Gasteiger partial charge < -0.3 is 5.11 Å². The number of rotatable bonds is 2. The highest BCUT2D eigenvalue weighted by molar-refractivity contribution is 9.10. The second kappa shape index (κ2) is 4.31. The van der Waals surface area contributed by atoms with E-state index >= 15 is 0 Å². The number of carboxylic acids is 1. The average molecular weight is 277 g/mol. The molecule has 0 spiro atoms. The Morgan fingerprint density at radius 3 is 2.67 bits per heavy atom. The van der Waals surface area contributed by atoms with Gasteiger partial charge in [0.1, 0.15) is 6.07 Å². The number of halogens is 3. The summed E-state index contributed by atoms with van der Waals surface area (Å²) >= 11 is 2.85. The van der Waals surface area contributed by atoms with Crippen molar-refractivity contribution in [2.75, 3.05) is 0 Å². The van der Waals surface area contributed by atoms with Crippen LogP contribution in [0.5, 0.6) is 0 Å². The molecule has 0 fully saturated rings. The van der Waals surface area contributed by atoms with Crippen molar-refractivity contribution in [1.82, 2.24) is 4.98 Å². The molecule has 0 bridgehead atoms. The molecule has 0 unspecified atom stereocenters. The lowest BCUT2D eigenvalue weighted by Crippen LogP contribution is -2.08. The number of alkyl halides is 2. The van der Waals surface area contributed by atoms with E-state index in [-0.39, 0.29) is 10.2 Å². The number of carboxylic acid groups (broad SMARTS) is 1. The number of carbonyl (C=O) groups is 1. The summed E-state index contributed by atoms with van der Waals surface area (Å²) in [6.07, 6.45) is -2.95. The summed E-state index contributed by atoms with van der Waals surface area (Å²) in [7, 11) is 0. The molecule has 0 amide bonds. The maximum atomic E-state index is 12.4. The van der Waals surface area contributed by atoms with Gasteiger partial charge in [-0.15, -0.1) is 0 Å². The standard InChI is InChI=1S/C8H3BrF2N2O2/c9-4-1-3(7(10)11)6(8(14)15)13-5(4)2-12/h1,7H,(H,14,15). The van der Waals surface area contributed by atoms with E-state index in [0.29, 0.717) is 0 Å². The van der Waals surface area contributed by atoms with Gasteiger partial charge in [0.05, 0.1) is 10.0 Å². The van der Waals surface area contributed by atoms with E-state index in [1.54, 1.807) is 6.07 Å².